The second kappa shape index (κ2) is 7.99. The van der Waals surface area contributed by atoms with E-state index in [4.69, 9.17) is 0 Å². The number of benzene rings is 1. The fraction of sp³-hybridized carbons (Fsp3) is 0.350. The Morgan fingerprint density at radius 3 is 2.42 bits per heavy atom. The molecule has 1 fully saturated rings. The van der Waals surface area contributed by atoms with Crippen LogP contribution in [0.25, 0.3) is 0 Å². The number of nitrogens with zero attached hydrogens (tertiary/aromatic N) is 2. The summed E-state index contributed by atoms with van der Waals surface area (Å²) in [4.78, 5) is 29.9. The zero-order chi connectivity index (χ0) is 18.5. The van der Waals surface area contributed by atoms with Gasteiger partial charge in [-0.3, -0.25) is 9.59 Å². The van der Waals surface area contributed by atoms with Crippen LogP contribution in [0.5, 0.6) is 0 Å². The third kappa shape index (κ3) is 4.59. The van der Waals surface area contributed by atoms with Crippen LogP contribution in [-0.4, -0.2) is 29.9 Å². The van der Waals surface area contributed by atoms with Crippen molar-refractivity contribution in [3.8, 4) is 0 Å². The third-order valence-corrected chi connectivity index (χ3v) is 4.60. The van der Waals surface area contributed by atoms with Crippen molar-refractivity contribution in [2.45, 2.75) is 26.7 Å². The Kier molecular flexibility index (Phi) is 5.51. The molecule has 0 radical (unpaired) electrons. The molecule has 0 saturated carbocycles. The van der Waals surface area contributed by atoms with E-state index in [1.807, 2.05) is 24.3 Å². The second-order valence-corrected chi connectivity index (χ2v) is 6.78. The Labute approximate surface area is 153 Å². The number of amides is 2. The lowest BCUT2D eigenvalue weighted by molar-refractivity contribution is -0.114. The first kappa shape index (κ1) is 17.9. The molecule has 0 bridgehead atoms. The van der Waals surface area contributed by atoms with Gasteiger partial charge < -0.3 is 15.5 Å². The molecule has 0 aliphatic carbocycles. The van der Waals surface area contributed by atoms with Crippen LogP contribution in [0.15, 0.2) is 42.6 Å². The van der Waals surface area contributed by atoms with Crippen molar-refractivity contribution < 1.29 is 9.59 Å². The SMILES string of the molecule is CC(=O)Nc1cc(C(=O)Nc2ccc(N3CCC(C)CC3)cc2)ccn1. The molecule has 2 heterocycles. The number of rotatable bonds is 4. The minimum absolute atomic E-state index is 0.224. The number of hydrogen-bond acceptors (Lipinski definition) is 4. The van der Waals surface area contributed by atoms with Gasteiger partial charge in [-0.25, -0.2) is 4.98 Å². The normalized spacial score (nSPS) is 14.8. The molecule has 26 heavy (non-hydrogen) atoms. The highest BCUT2D eigenvalue weighted by atomic mass is 16.2. The second-order valence-electron chi connectivity index (χ2n) is 6.78. The van der Waals surface area contributed by atoms with Crippen LogP contribution in [0.2, 0.25) is 0 Å². The van der Waals surface area contributed by atoms with Crippen molar-refractivity contribution in [3.63, 3.8) is 0 Å². The standard InChI is InChI=1S/C20H24N4O2/c1-14-8-11-24(12-9-14)18-5-3-17(4-6-18)23-20(26)16-7-10-21-19(13-16)22-15(2)25/h3-7,10,13-14H,8-9,11-12H2,1-2H3,(H,23,26)(H,21,22,25). The highest BCUT2D eigenvalue weighted by Crippen LogP contribution is 2.24. The molecular weight excluding hydrogens is 328 g/mol. The van der Waals surface area contributed by atoms with Crippen LogP contribution in [0.1, 0.15) is 37.0 Å². The van der Waals surface area contributed by atoms with E-state index in [0.29, 0.717) is 11.4 Å². The summed E-state index contributed by atoms with van der Waals surface area (Å²) in [7, 11) is 0. The van der Waals surface area contributed by atoms with Crippen molar-refractivity contribution in [3.05, 3.63) is 48.2 Å². The maximum atomic E-state index is 12.4. The lowest BCUT2D eigenvalue weighted by Gasteiger charge is -2.32. The predicted molar refractivity (Wildman–Crippen MR) is 104 cm³/mol. The number of carbonyl (C=O) groups is 2. The first-order valence-corrected chi connectivity index (χ1v) is 8.91. The summed E-state index contributed by atoms with van der Waals surface area (Å²) in [6.07, 6.45) is 3.94. The summed E-state index contributed by atoms with van der Waals surface area (Å²) in [6.45, 7) is 5.86. The number of aromatic nitrogens is 1. The summed E-state index contributed by atoms with van der Waals surface area (Å²) in [5.74, 6) is 0.698. The van der Waals surface area contributed by atoms with E-state index in [0.717, 1.165) is 24.7 Å². The molecule has 3 rings (SSSR count). The maximum Gasteiger partial charge on any atom is 0.255 e. The monoisotopic (exact) mass is 352 g/mol. The summed E-state index contributed by atoms with van der Waals surface area (Å²) in [5.41, 5.74) is 2.37. The van der Waals surface area contributed by atoms with Gasteiger partial charge in [0.25, 0.3) is 5.91 Å². The van der Waals surface area contributed by atoms with E-state index in [9.17, 15) is 9.59 Å². The molecule has 6 nitrogen and oxygen atoms in total. The van der Waals surface area contributed by atoms with Gasteiger partial charge in [0.15, 0.2) is 0 Å². The van der Waals surface area contributed by atoms with E-state index < -0.39 is 0 Å². The molecule has 6 heteroatoms. The number of carbonyl (C=O) groups excluding carboxylic acids is 2. The minimum atomic E-state index is -0.237. The molecule has 2 aromatic rings. The van der Waals surface area contributed by atoms with Gasteiger partial charge >= 0.3 is 0 Å². The highest BCUT2D eigenvalue weighted by Gasteiger charge is 2.16. The molecule has 1 aromatic heterocycles. The van der Waals surface area contributed by atoms with Gasteiger partial charge in [-0.05, 0) is 55.2 Å². The quantitative estimate of drug-likeness (QED) is 0.883. The predicted octanol–water partition coefficient (Wildman–Crippen LogP) is 3.53. The van der Waals surface area contributed by atoms with Crippen LogP contribution < -0.4 is 15.5 Å². The number of hydrogen-bond donors (Lipinski definition) is 2. The van der Waals surface area contributed by atoms with Crippen molar-refractivity contribution in [2.75, 3.05) is 28.6 Å². The van der Waals surface area contributed by atoms with Crippen molar-refractivity contribution >= 4 is 29.0 Å². The smallest absolute Gasteiger partial charge is 0.255 e. The van der Waals surface area contributed by atoms with Gasteiger partial charge in [-0.1, -0.05) is 6.92 Å². The lowest BCUT2D eigenvalue weighted by Crippen LogP contribution is -2.32. The van der Waals surface area contributed by atoms with Crippen LogP contribution >= 0.6 is 0 Å². The molecule has 0 atom stereocenters. The summed E-state index contributed by atoms with van der Waals surface area (Å²) >= 11 is 0. The van der Waals surface area contributed by atoms with E-state index in [1.165, 1.54) is 31.6 Å². The van der Waals surface area contributed by atoms with Gasteiger partial charge in [0.05, 0.1) is 0 Å². The fourth-order valence-corrected chi connectivity index (χ4v) is 3.05. The maximum absolute atomic E-state index is 12.4. The van der Waals surface area contributed by atoms with Gasteiger partial charge in [0.1, 0.15) is 5.82 Å². The van der Waals surface area contributed by atoms with E-state index in [1.54, 1.807) is 12.1 Å². The molecule has 0 unspecified atom stereocenters. The molecule has 1 aliphatic rings. The first-order chi connectivity index (χ1) is 12.5. The summed E-state index contributed by atoms with van der Waals surface area (Å²) < 4.78 is 0. The Morgan fingerprint density at radius 1 is 1.08 bits per heavy atom. The van der Waals surface area contributed by atoms with Gasteiger partial charge in [0.2, 0.25) is 5.91 Å². The number of pyridine rings is 1. The Bertz CT molecular complexity index is 781. The zero-order valence-electron chi connectivity index (χ0n) is 15.2. The average Bonchev–Trinajstić information content (AvgIpc) is 2.63. The molecule has 2 N–H and O–H groups in total. The Hall–Kier alpha value is -2.89. The van der Waals surface area contributed by atoms with Crippen LogP contribution in [0.3, 0.4) is 0 Å². The average molecular weight is 352 g/mol. The van der Waals surface area contributed by atoms with Crippen molar-refractivity contribution in [2.24, 2.45) is 5.92 Å². The Balaban J connectivity index is 1.63. The molecule has 1 aliphatic heterocycles. The van der Waals surface area contributed by atoms with Crippen LogP contribution in [0, 0.1) is 5.92 Å². The zero-order valence-corrected chi connectivity index (χ0v) is 15.2. The molecule has 2 amide bonds. The highest BCUT2D eigenvalue weighted by molar-refractivity contribution is 6.05. The first-order valence-electron chi connectivity index (χ1n) is 8.91. The largest absolute Gasteiger partial charge is 0.372 e. The summed E-state index contributed by atoms with van der Waals surface area (Å²) in [5, 5.41) is 5.45. The molecular formula is C20H24N4O2. The molecule has 0 spiro atoms. The summed E-state index contributed by atoms with van der Waals surface area (Å²) in [6, 6.07) is 11.1. The number of anilines is 3. The van der Waals surface area contributed by atoms with Gasteiger partial charge in [-0.15, -0.1) is 0 Å². The van der Waals surface area contributed by atoms with Crippen molar-refractivity contribution in [1.82, 2.24) is 4.98 Å². The number of piperidine rings is 1. The molecule has 136 valence electrons. The lowest BCUT2D eigenvalue weighted by atomic mass is 9.99. The Morgan fingerprint density at radius 2 is 1.77 bits per heavy atom. The number of nitrogens with one attached hydrogen (secondary N) is 2. The van der Waals surface area contributed by atoms with Crippen molar-refractivity contribution in [1.29, 1.82) is 0 Å². The van der Waals surface area contributed by atoms with E-state index in [-0.39, 0.29) is 11.8 Å². The van der Waals surface area contributed by atoms with Crippen LogP contribution in [-0.2, 0) is 4.79 Å². The third-order valence-electron chi connectivity index (χ3n) is 4.60. The molecule has 1 aromatic carbocycles. The molecule has 1 saturated heterocycles. The topological polar surface area (TPSA) is 74.3 Å². The minimum Gasteiger partial charge on any atom is -0.372 e. The van der Waals surface area contributed by atoms with Crippen LogP contribution in [0.4, 0.5) is 17.2 Å². The van der Waals surface area contributed by atoms with Gasteiger partial charge in [0, 0.05) is 43.1 Å². The van der Waals surface area contributed by atoms with Gasteiger partial charge in [-0.2, -0.15) is 0 Å². The van der Waals surface area contributed by atoms with E-state index in [2.05, 4.69) is 27.4 Å². The van der Waals surface area contributed by atoms with E-state index >= 15 is 0 Å². The fourth-order valence-electron chi connectivity index (χ4n) is 3.05.